The van der Waals surface area contributed by atoms with Crippen molar-refractivity contribution in [3.05, 3.63) is 29.6 Å². The third kappa shape index (κ3) is 3.55. The van der Waals surface area contributed by atoms with Gasteiger partial charge in [0.05, 0.1) is 0 Å². The van der Waals surface area contributed by atoms with Gasteiger partial charge in [-0.05, 0) is 36.6 Å². The van der Waals surface area contributed by atoms with Crippen LogP contribution in [0.4, 0.5) is 0 Å². The third-order valence-corrected chi connectivity index (χ3v) is 2.00. The highest BCUT2D eigenvalue weighted by Crippen LogP contribution is 2.04. The summed E-state index contributed by atoms with van der Waals surface area (Å²) in [4.78, 5) is 4.06. The molecule has 0 saturated carbocycles. The van der Waals surface area contributed by atoms with Crippen LogP contribution in [-0.2, 0) is 6.54 Å². The van der Waals surface area contributed by atoms with Gasteiger partial charge in [-0.3, -0.25) is 4.98 Å². The van der Waals surface area contributed by atoms with Crippen LogP contribution in [0.3, 0.4) is 0 Å². The van der Waals surface area contributed by atoms with Crippen LogP contribution < -0.4 is 5.32 Å². The van der Waals surface area contributed by atoms with Crippen LogP contribution in [0, 0.1) is 12.8 Å². The summed E-state index contributed by atoms with van der Waals surface area (Å²) in [5.74, 6) is 0.710. The van der Waals surface area contributed by atoms with E-state index in [1.807, 2.05) is 12.4 Å². The van der Waals surface area contributed by atoms with Gasteiger partial charge in [0, 0.05) is 18.9 Å². The Balaban J connectivity index is 2.41. The Hall–Kier alpha value is -0.890. The molecule has 2 heteroatoms. The minimum Gasteiger partial charge on any atom is -0.312 e. The number of aromatic nitrogens is 1. The molecule has 0 spiro atoms. The summed E-state index contributed by atoms with van der Waals surface area (Å²) in [5.41, 5.74) is 2.61. The molecular weight excluding hydrogens is 160 g/mol. The van der Waals surface area contributed by atoms with Crippen molar-refractivity contribution in [2.45, 2.75) is 27.3 Å². The number of rotatable bonds is 4. The van der Waals surface area contributed by atoms with E-state index >= 15 is 0 Å². The second-order valence-corrected chi connectivity index (χ2v) is 3.83. The van der Waals surface area contributed by atoms with Gasteiger partial charge in [0.1, 0.15) is 0 Å². The predicted octanol–water partition coefficient (Wildman–Crippen LogP) is 2.14. The van der Waals surface area contributed by atoms with Crippen LogP contribution >= 0.6 is 0 Å². The van der Waals surface area contributed by atoms with E-state index in [0.717, 1.165) is 13.1 Å². The lowest BCUT2D eigenvalue weighted by atomic mass is 10.1. The topological polar surface area (TPSA) is 24.9 Å². The van der Waals surface area contributed by atoms with Crippen LogP contribution in [-0.4, -0.2) is 11.5 Å². The predicted molar refractivity (Wildman–Crippen MR) is 55.5 cm³/mol. The quantitative estimate of drug-likeness (QED) is 0.764. The Morgan fingerprint density at radius 3 is 2.85 bits per heavy atom. The Morgan fingerprint density at radius 2 is 2.23 bits per heavy atom. The second-order valence-electron chi connectivity index (χ2n) is 3.83. The summed E-state index contributed by atoms with van der Waals surface area (Å²) in [6, 6.07) is 2.07. The average Bonchev–Trinajstić information content (AvgIpc) is 2.08. The molecule has 0 radical (unpaired) electrons. The first-order valence-corrected chi connectivity index (χ1v) is 4.80. The lowest BCUT2D eigenvalue weighted by Gasteiger charge is -2.08. The molecule has 0 aromatic carbocycles. The van der Waals surface area contributed by atoms with Gasteiger partial charge in [-0.2, -0.15) is 0 Å². The molecule has 1 N–H and O–H groups in total. The molecule has 0 aliphatic rings. The molecule has 2 nitrogen and oxygen atoms in total. The number of pyridine rings is 1. The average molecular weight is 178 g/mol. The second kappa shape index (κ2) is 4.97. The van der Waals surface area contributed by atoms with Crippen molar-refractivity contribution < 1.29 is 0 Å². The molecular formula is C11H18N2. The number of aryl methyl sites for hydroxylation is 1. The van der Waals surface area contributed by atoms with E-state index in [2.05, 4.69) is 37.1 Å². The fourth-order valence-corrected chi connectivity index (χ4v) is 1.20. The van der Waals surface area contributed by atoms with Crippen LogP contribution in [0.1, 0.15) is 25.0 Å². The summed E-state index contributed by atoms with van der Waals surface area (Å²) in [7, 11) is 0. The fourth-order valence-electron chi connectivity index (χ4n) is 1.20. The van der Waals surface area contributed by atoms with Crippen LogP contribution in [0.5, 0.6) is 0 Å². The maximum atomic E-state index is 4.06. The maximum Gasteiger partial charge on any atom is 0.0300 e. The van der Waals surface area contributed by atoms with Gasteiger partial charge in [0.15, 0.2) is 0 Å². The Bertz CT molecular complexity index is 256. The van der Waals surface area contributed by atoms with Gasteiger partial charge in [0.2, 0.25) is 0 Å². The molecule has 1 aromatic rings. The lowest BCUT2D eigenvalue weighted by molar-refractivity contribution is 0.551. The highest BCUT2D eigenvalue weighted by Gasteiger charge is 1.97. The highest BCUT2D eigenvalue weighted by atomic mass is 14.9. The zero-order valence-corrected chi connectivity index (χ0v) is 8.67. The fraction of sp³-hybridized carbons (Fsp3) is 0.545. The summed E-state index contributed by atoms with van der Waals surface area (Å²) in [5, 5.41) is 3.41. The van der Waals surface area contributed by atoms with E-state index in [-0.39, 0.29) is 0 Å². The molecule has 72 valence electrons. The van der Waals surface area contributed by atoms with Crippen molar-refractivity contribution in [1.82, 2.24) is 10.3 Å². The van der Waals surface area contributed by atoms with Gasteiger partial charge in [-0.15, -0.1) is 0 Å². The Kier molecular flexibility index (Phi) is 3.90. The number of nitrogens with zero attached hydrogens (tertiary/aromatic N) is 1. The van der Waals surface area contributed by atoms with Gasteiger partial charge in [-0.25, -0.2) is 0 Å². The Morgan fingerprint density at radius 1 is 1.46 bits per heavy atom. The minimum atomic E-state index is 0.710. The molecule has 0 unspecified atom stereocenters. The van der Waals surface area contributed by atoms with E-state index in [1.165, 1.54) is 11.1 Å². The Labute approximate surface area is 80.4 Å². The SMILES string of the molecule is Cc1cnccc1CNCC(C)C. The summed E-state index contributed by atoms with van der Waals surface area (Å²) < 4.78 is 0. The van der Waals surface area contributed by atoms with Crippen molar-refractivity contribution >= 4 is 0 Å². The van der Waals surface area contributed by atoms with Gasteiger partial charge < -0.3 is 5.32 Å². The number of nitrogens with one attached hydrogen (secondary N) is 1. The van der Waals surface area contributed by atoms with Crippen molar-refractivity contribution in [2.24, 2.45) is 5.92 Å². The minimum absolute atomic E-state index is 0.710. The molecule has 0 fully saturated rings. The van der Waals surface area contributed by atoms with Crippen molar-refractivity contribution in [3.63, 3.8) is 0 Å². The van der Waals surface area contributed by atoms with Crippen molar-refractivity contribution in [1.29, 1.82) is 0 Å². The van der Waals surface area contributed by atoms with E-state index in [9.17, 15) is 0 Å². The molecule has 0 saturated heterocycles. The monoisotopic (exact) mass is 178 g/mol. The molecule has 1 aromatic heterocycles. The zero-order valence-electron chi connectivity index (χ0n) is 8.67. The first kappa shape index (κ1) is 10.2. The van der Waals surface area contributed by atoms with Crippen molar-refractivity contribution in [3.8, 4) is 0 Å². The molecule has 0 amide bonds. The lowest BCUT2D eigenvalue weighted by Crippen LogP contribution is -2.19. The molecule has 0 aliphatic carbocycles. The highest BCUT2D eigenvalue weighted by molar-refractivity contribution is 5.21. The summed E-state index contributed by atoms with van der Waals surface area (Å²) in [6.45, 7) is 8.55. The van der Waals surface area contributed by atoms with E-state index in [4.69, 9.17) is 0 Å². The molecule has 1 rings (SSSR count). The summed E-state index contributed by atoms with van der Waals surface area (Å²) in [6.07, 6.45) is 3.76. The first-order chi connectivity index (χ1) is 6.20. The molecule has 13 heavy (non-hydrogen) atoms. The molecule has 0 atom stereocenters. The zero-order chi connectivity index (χ0) is 9.68. The molecule has 0 aliphatic heterocycles. The normalized spacial score (nSPS) is 10.8. The maximum absolute atomic E-state index is 4.06. The molecule has 0 bridgehead atoms. The third-order valence-electron chi connectivity index (χ3n) is 2.00. The first-order valence-electron chi connectivity index (χ1n) is 4.80. The smallest absolute Gasteiger partial charge is 0.0300 e. The largest absolute Gasteiger partial charge is 0.312 e. The molecule has 1 heterocycles. The van der Waals surface area contributed by atoms with E-state index in [1.54, 1.807) is 0 Å². The van der Waals surface area contributed by atoms with Gasteiger partial charge in [-0.1, -0.05) is 13.8 Å². The van der Waals surface area contributed by atoms with Gasteiger partial charge >= 0.3 is 0 Å². The van der Waals surface area contributed by atoms with Gasteiger partial charge in [0.25, 0.3) is 0 Å². The standard InChI is InChI=1S/C11H18N2/c1-9(2)6-13-8-11-4-5-12-7-10(11)3/h4-5,7,9,13H,6,8H2,1-3H3. The van der Waals surface area contributed by atoms with Crippen LogP contribution in [0.15, 0.2) is 18.5 Å². The summed E-state index contributed by atoms with van der Waals surface area (Å²) >= 11 is 0. The van der Waals surface area contributed by atoms with E-state index < -0.39 is 0 Å². The number of hydrogen-bond acceptors (Lipinski definition) is 2. The van der Waals surface area contributed by atoms with Crippen molar-refractivity contribution in [2.75, 3.05) is 6.54 Å². The van der Waals surface area contributed by atoms with Crippen LogP contribution in [0.25, 0.3) is 0 Å². The number of hydrogen-bond donors (Lipinski definition) is 1. The van der Waals surface area contributed by atoms with E-state index in [0.29, 0.717) is 5.92 Å². The van der Waals surface area contributed by atoms with Crippen LogP contribution in [0.2, 0.25) is 0 Å².